The molecule has 0 fully saturated rings. The third-order valence-corrected chi connectivity index (χ3v) is 5.36. The summed E-state index contributed by atoms with van der Waals surface area (Å²) in [5.74, 6) is 0. The van der Waals surface area contributed by atoms with E-state index in [4.69, 9.17) is 5.73 Å². The topological polar surface area (TPSA) is 75.4 Å². The van der Waals surface area contributed by atoms with Gasteiger partial charge in [0.1, 0.15) is 0 Å². The van der Waals surface area contributed by atoms with Gasteiger partial charge in [0.15, 0.2) is 0 Å². The Morgan fingerprint density at radius 1 is 1.45 bits per heavy atom. The van der Waals surface area contributed by atoms with Crippen molar-refractivity contribution in [2.24, 2.45) is 0 Å². The van der Waals surface area contributed by atoms with Crippen molar-refractivity contribution in [1.82, 2.24) is 9.03 Å². The minimum Gasteiger partial charge on any atom is -0.399 e. The molecule has 0 saturated carbocycles. The van der Waals surface area contributed by atoms with E-state index in [1.54, 1.807) is 7.05 Å². The molecule has 0 aliphatic heterocycles. The van der Waals surface area contributed by atoms with Crippen LogP contribution in [-0.2, 0) is 16.6 Å². The second-order valence-corrected chi connectivity index (χ2v) is 7.16. The van der Waals surface area contributed by atoms with Gasteiger partial charge in [0.25, 0.3) is 10.2 Å². The van der Waals surface area contributed by atoms with Crippen molar-refractivity contribution in [2.45, 2.75) is 38.6 Å². The minimum atomic E-state index is -3.42. The van der Waals surface area contributed by atoms with Crippen LogP contribution in [-0.4, -0.2) is 26.3 Å². The number of hydrogen-bond acceptors (Lipinski definition) is 3. The van der Waals surface area contributed by atoms with Crippen LogP contribution in [0.4, 0.5) is 5.69 Å². The van der Waals surface area contributed by atoms with Crippen LogP contribution in [0.2, 0.25) is 0 Å². The highest BCUT2D eigenvalue weighted by molar-refractivity contribution is 7.87. The second kappa shape index (κ2) is 6.11. The van der Waals surface area contributed by atoms with Gasteiger partial charge in [-0.3, -0.25) is 0 Å². The number of hydrogen-bond donors (Lipinski definition) is 2. The van der Waals surface area contributed by atoms with Crippen LogP contribution in [0.1, 0.15) is 43.4 Å². The Labute approximate surface area is 121 Å². The molecule has 2 rings (SSSR count). The smallest absolute Gasteiger partial charge is 0.279 e. The van der Waals surface area contributed by atoms with E-state index in [0.717, 1.165) is 42.5 Å². The van der Waals surface area contributed by atoms with Crippen molar-refractivity contribution >= 4 is 15.9 Å². The first-order chi connectivity index (χ1) is 9.44. The van der Waals surface area contributed by atoms with Crippen LogP contribution in [0.25, 0.3) is 0 Å². The van der Waals surface area contributed by atoms with E-state index in [9.17, 15) is 8.42 Å². The maximum Gasteiger partial charge on any atom is 0.279 e. The Bertz CT molecular complexity index is 572. The molecular weight excluding hydrogens is 274 g/mol. The van der Waals surface area contributed by atoms with Gasteiger partial charge in [0.05, 0.1) is 0 Å². The van der Waals surface area contributed by atoms with E-state index >= 15 is 0 Å². The lowest BCUT2D eigenvalue weighted by Gasteiger charge is -2.21. The number of nitrogens with two attached hydrogens (primary N) is 1. The van der Waals surface area contributed by atoms with Gasteiger partial charge in [-0.1, -0.05) is 19.4 Å². The maximum atomic E-state index is 12.3. The van der Waals surface area contributed by atoms with Crippen LogP contribution < -0.4 is 10.5 Å². The maximum absolute atomic E-state index is 12.3. The summed E-state index contributed by atoms with van der Waals surface area (Å²) in [6.45, 7) is 2.60. The molecule has 0 bridgehead atoms. The normalized spacial score (nSPS) is 18.4. The van der Waals surface area contributed by atoms with Crippen LogP contribution in [0.15, 0.2) is 18.2 Å². The number of nitrogen functional groups attached to an aromatic ring is 1. The highest BCUT2D eigenvalue weighted by Crippen LogP contribution is 2.32. The molecule has 0 amide bonds. The van der Waals surface area contributed by atoms with Gasteiger partial charge in [0.2, 0.25) is 0 Å². The molecule has 0 aromatic heterocycles. The number of anilines is 1. The highest BCUT2D eigenvalue weighted by Gasteiger charge is 2.28. The number of nitrogens with one attached hydrogen (secondary N) is 1. The fraction of sp³-hybridized carbons (Fsp3) is 0.571. The van der Waals surface area contributed by atoms with Gasteiger partial charge in [0, 0.05) is 25.3 Å². The zero-order valence-electron chi connectivity index (χ0n) is 12.1. The summed E-state index contributed by atoms with van der Waals surface area (Å²) in [6, 6.07) is 5.55. The molecule has 0 radical (unpaired) electrons. The monoisotopic (exact) mass is 297 g/mol. The molecule has 0 heterocycles. The van der Waals surface area contributed by atoms with Gasteiger partial charge >= 0.3 is 0 Å². The van der Waals surface area contributed by atoms with Gasteiger partial charge < -0.3 is 5.73 Å². The molecule has 1 aliphatic carbocycles. The van der Waals surface area contributed by atoms with E-state index in [-0.39, 0.29) is 6.04 Å². The van der Waals surface area contributed by atoms with E-state index in [0.29, 0.717) is 6.54 Å². The molecule has 1 atom stereocenters. The molecule has 1 aromatic rings. The molecule has 1 aliphatic rings. The SMILES string of the molecule is CCCCN(C)S(=O)(=O)NC1CCc2cc(N)ccc21. The van der Waals surface area contributed by atoms with E-state index in [2.05, 4.69) is 4.72 Å². The molecule has 3 N–H and O–H groups in total. The number of benzene rings is 1. The summed E-state index contributed by atoms with van der Waals surface area (Å²) in [5, 5.41) is 0. The Hall–Kier alpha value is -1.11. The molecule has 5 nitrogen and oxygen atoms in total. The summed E-state index contributed by atoms with van der Waals surface area (Å²) >= 11 is 0. The predicted octanol–water partition coefficient (Wildman–Crippen LogP) is 1.82. The van der Waals surface area contributed by atoms with Crippen LogP contribution in [0, 0.1) is 0 Å². The molecule has 0 spiro atoms. The van der Waals surface area contributed by atoms with Gasteiger partial charge in [-0.25, -0.2) is 0 Å². The van der Waals surface area contributed by atoms with Crippen molar-refractivity contribution < 1.29 is 8.42 Å². The number of nitrogens with zero attached hydrogens (tertiary/aromatic N) is 1. The highest BCUT2D eigenvalue weighted by atomic mass is 32.2. The zero-order chi connectivity index (χ0) is 14.8. The Kier molecular flexibility index (Phi) is 4.67. The first kappa shape index (κ1) is 15.3. The number of fused-ring (bicyclic) bond motifs is 1. The van der Waals surface area contributed by atoms with Crippen LogP contribution in [0.3, 0.4) is 0 Å². The molecule has 6 heteroatoms. The zero-order valence-corrected chi connectivity index (χ0v) is 12.9. The second-order valence-electron chi connectivity index (χ2n) is 5.35. The van der Waals surface area contributed by atoms with Gasteiger partial charge in [-0.2, -0.15) is 17.4 Å². The number of unbranched alkanes of at least 4 members (excludes halogenated alkanes) is 1. The lowest BCUT2D eigenvalue weighted by Crippen LogP contribution is -2.40. The summed E-state index contributed by atoms with van der Waals surface area (Å²) in [6.07, 6.45) is 3.51. The summed E-state index contributed by atoms with van der Waals surface area (Å²) in [4.78, 5) is 0. The quantitative estimate of drug-likeness (QED) is 0.786. The fourth-order valence-corrected chi connectivity index (χ4v) is 3.68. The molecular formula is C14H23N3O2S. The lowest BCUT2D eigenvalue weighted by molar-refractivity contribution is 0.439. The third-order valence-electron chi connectivity index (χ3n) is 3.77. The third kappa shape index (κ3) is 3.31. The van der Waals surface area contributed by atoms with E-state index < -0.39 is 10.2 Å². The largest absolute Gasteiger partial charge is 0.399 e. The predicted molar refractivity (Wildman–Crippen MR) is 81.5 cm³/mol. The van der Waals surface area contributed by atoms with Gasteiger partial charge in [-0.05, 0) is 42.5 Å². The Morgan fingerprint density at radius 3 is 2.90 bits per heavy atom. The van der Waals surface area contributed by atoms with Crippen molar-refractivity contribution in [1.29, 1.82) is 0 Å². The first-order valence-corrected chi connectivity index (χ1v) is 8.50. The standard InChI is InChI=1S/C14H23N3O2S/c1-3-4-9-17(2)20(18,19)16-14-8-5-11-10-12(15)6-7-13(11)14/h6-7,10,14,16H,3-5,8-9,15H2,1-2H3. The summed E-state index contributed by atoms with van der Waals surface area (Å²) < 4.78 is 28.7. The van der Waals surface area contributed by atoms with Gasteiger partial charge in [-0.15, -0.1) is 0 Å². The number of rotatable bonds is 6. The fourth-order valence-electron chi connectivity index (χ4n) is 2.53. The van der Waals surface area contributed by atoms with E-state index in [1.807, 2.05) is 25.1 Å². The molecule has 1 unspecified atom stereocenters. The molecule has 112 valence electrons. The molecule has 0 saturated heterocycles. The summed E-state index contributed by atoms with van der Waals surface area (Å²) in [5.41, 5.74) is 8.68. The van der Waals surface area contributed by atoms with Crippen molar-refractivity contribution in [3.8, 4) is 0 Å². The Balaban J connectivity index is 2.09. The Morgan fingerprint density at radius 2 is 2.20 bits per heavy atom. The molecule has 1 aromatic carbocycles. The van der Waals surface area contributed by atoms with Crippen molar-refractivity contribution in [3.05, 3.63) is 29.3 Å². The average Bonchev–Trinajstić information content (AvgIpc) is 2.77. The van der Waals surface area contributed by atoms with Crippen LogP contribution in [0.5, 0.6) is 0 Å². The average molecular weight is 297 g/mol. The van der Waals surface area contributed by atoms with Crippen molar-refractivity contribution in [3.63, 3.8) is 0 Å². The van der Waals surface area contributed by atoms with Crippen LogP contribution >= 0.6 is 0 Å². The summed E-state index contributed by atoms with van der Waals surface area (Å²) in [7, 11) is -1.79. The van der Waals surface area contributed by atoms with E-state index in [1.165, 1.54) is 4.31 Å². The molecule has 20 heavy (non-hydrogen) atoms. The first-order valence-electron chi connectivity index (χ1n) is 7.06. The minimum absolute atomic E-state index is 0.139. The lowest BCUT2D eigenvalue weighted by atomic mass is 10.1. The van der Waals surface area contributed by atoms with Crippen molar-refractivity contribution in [2.75, 3.05) is 19.3 Å². The number of aryl methyl sites for hydroxylation is 1.